The van der Waals surface area contributed by atoms with Gasteiger partial charge >= 0.3 is 0 Å². The van der Waals surface area contributed by atoms with Gasteiger partial charge in [0, 0.05) is 12.6 Å². The second kappa shape index (κ2) is 5.22. The quantitative estimate of drug-likeness (QED) is 0.709. The van der Waals surface area contributed by atoms with Gasteiger partial charge in [-0.2, -0.15) is 0 Å². The van der Waals surface area contributed by atoms with Gasteiger partial charge in [-0.1, -0.05) is 6.92 Å². The Morgan fingerprint density at radius 1 is 1.54 bits per heavy atom. The van der Waals surface area contributed by atoms with Gasteiger partial charge in [-0.25, -0.2) is 0 Å². The highest BCUT2D eigenvalue weighted by Crippen LogP contribution is 2.18. The third kappa shape index (κ3) is 2.69. The van der Waals surface area contributed by atoms with E-state index in [2.05, 4.69) is 12.2 Å². The predicted molar refractivity (Wildman–Crippen MR) is 53.6 cm³/mol. The third-order valence-electron chi connectivity index (χ3n) is 2.75. The molecule has 0 bridgehead atoms. The van der Waals surface area contributed by atoms with Gasteiger partial charge in [0.1, 0.15) is 0 Å². The largest absolute Gasteiger partial charge is 0.339 e. The van der Waals surface area contributed by atoms with Gasteiger partial charge in [0.25, 0.3) is 0 Å². The van der Waals surface area contributed by atoms with Crippen LogP contribution in [0.15, 0.2) is 0 Å². The number of nitrogens with one attached hydrogen (secondary N) is 1. The second-order valence-electron chi connectivity index (χ2n) is 3.68. The smallest absolute Gasteiger partial charge is 0.236 e. The van der Waals surface area contributed by atoms with E-state index in [9.17, 15) is 4.79 Å². The lowest BCUT2D eigenvalue weighted by Gasteiger charge is -2.35. The number of rotatable bonds is 3. The summed E-state index contributed by atoms with van der Waals surface area (Å²) < 4.78 is 0. The summed E-state index contributed by atoms with van der Waals surface area (Å²) in [7, 11) is 1.82. The minimum Gasteiger partial charge on any atom is -0.339 e. The Morgan fingerprint density at radius 2 is 2.31 bits per heavy atom. The second-order valence-corrected chi connectivity index (χ2v) is 3.68. The van der Waals surface area contributed by atoms with E-state index in [-0.39, 0.29) is 5.91 Å². The number of likely N-dealkylation sites (N-methyl/N-ethyl adjacent to an activating group) is 1. The molecule has 1 atom stereocenters. The van der Waals surface area contributed by atoms with E-state index in [0.29, 0.717) is 12.6 Å². The van der Waals surface area contributed by atoms with Gasteiger partial charge in [-0.3, -0.25) is 4.79 Å². The summed E-state index contributed by atoms with van der Waals surface area (Å²) in [6.45, 7) is 3.60. The van der Waals surface area contributed by atoms with Crippen LogP contribution >= 0.6 is 0 Å². The van der Waals surface area contributed by atoms with Gasteiger partial charge in [-0.05, 0) is 32.7 Å². The zero-order chi connectivity index (χ0) is 9.68. The molecule has 1 saturated heterocycles. The van der Waals surface area contributed by atoms with Crippen molar-refractivity contribution in [2.45, 2.75) is 38.6 Å². The lowest BCUT2D eigenvalue weighted by Crippen LogP contribution is -2.46. The topological polar surface area (TPSA) is 32.3 Å². The Bertz CT molecular complexity index is 170. The summed E-state index contributed by atoms with van der Waals surface area (Å²) in [4.78, 5) is 13.7. The Balaban J connectivity index is 2.48. The average molecular weight is 184 g/mol. The number of amides is 1. The summed E-state index contributed by atoms with van der Waals surface area (Å²) in [5.41, 5.74) is 0. The van der Waals surface area contributed by atoms with Crippen LogP contribution in [0.4, 0.5) is 0 Å². The van der Waals surface area contributed by atoms with Crippen LogP contribution in [0, 0.1) is 0 Å². The van der Waals surface area contributed by atoms with Gasteiger partial charge in [0.05, 0.1) is 6.54 Å². The van der Waals surface area contributed by atoms with E-state index in [1.807, 2.05) is 11.9 Å². The van der Waals surface area contributed by atoms with Gasteiger partial charge in [-0.15, -0.1) is 0 Å². The number of hydrogen-bond donors (Lipinski definition) is 1. The van der Waals surface area contributed by atoms with E-state index in [4.69, 9.17) is 0 Å². The molecule has 1 amide bonds. The zero-order valence-electron chi connectivity index (χ0n) is 8.68. The molecule has 76 valence electrons. The summed E-state index contributed by atoms with van der Waals surface area (Å²) in [5.74, 6) is 0.258. The molecule has 0 aliphatic carbocycles. The molecule has 3 nitrogen and oxygen atoms in total. The molecular weight excluding hydrogens is 164 g/mol. The molecule has 0 saturated carbocycles. The number of carbonyl (C=O) groups is 1. The average Bonchev–Trinajstić information content (AvgIpc) is 2.18. The number of hydrogen-bond acceptors (Lipinski definition) is 2. The van der Waals surface area contributed by atoms with Crippen molar-refractivity contribution in [1.29, 1.82) is 0 Å². The van der Waals surface area contributed by atoms with E-state index in [0.717, 1.165) is 13.0 Å². The van der Waals surface area contributed by atoms with Crippen LogP contribution in [-0.4, -0.2) is 37.0 Å². The minimum atomic E-state index is 0.258. The lowest BCUT2D eigenvalue weighted by molar-refractivity contribution is -0.133. The van der Waals surface area contributed by atoms with Crippen LogP contribution in [0.3, 0.4) is 0 Å². The van der Waals surface area contributed by atoms with Crippen LogP contribution in [0.1, 0.15) is 32.6 Å². The molecule has 1 N–H and O–H groups in total. The van der Waals surface area contributed by atoms with Crippen molar-refractivity contribution in [2.75, 3.05) is 20.1 Å². The zero-order valence-corrected chi connectivity index (χ0v) is 8.68. The first-order chi connectivity index (χ1) is 6.29. The molecule has 0 aromatic heterocycles. The first-order valence-corrected chi connectivity index (χ1v) is 5.23. The van der Waals surface area contributed by atoms with Gasteiger partial charge < -0.3 is 10.2 Å². The van der Waals surface area contributed by atoms with E-state index in [1.54, 1.807) is 0 Å². The lowest BCUT2D eigenvalue weighted by atomic mass is 10.00. The Hall–Kier alpha value is -0.570. The Morgan fingerprint density at radius 3 is 2.92 bits per heavy atom. The first-order valence-electron chi connectivity index (χ1n) is 5.23. The molecule has 1 rings (SSSR count). The maximum absolute atomic E-state index is 11.6. The molecule has 1 aliphatic rings. The number of carbonyl (C=O) groups excluding carboxylic acids is 1. The Kier molecular flexibility index (Phi) is 4.22. The van der Waals surface area contributed by atoms with Crippen LogP contribution < -0.4 is 5.32 Å². The molecular formula is C10H20N2O. The van der Waals surface area contributed by atoms with Crippen molar-refractivity contribution in [3.63, 3.8) is 0 Å². The summed E-state index contributed by atoms with van der Waals surface area (Å²) in [5, 5.41) is 2.92. The van der Waals surface area contributed by atoms with Gasteiger partial charge in [0.2, 0.25) is 5.91 Å². The molecule has 0 unspecified atom stereocenters. The highest BCUT2D eigenvalue weighted by molar-refractivity contribution is 5.78. The fourth-order valence-electron chi connectivity index (χ4n) is 2.01. The Labute approximate surface area is 80.5 Å². The van der Waals surface area contributed by atoms with E-state index in [1.165, 1.54) is 19.3 Å². The fraction of sp³-hybridized carbons (Fsp3) is 0.900. The van der Waals surface area contributed by atoms with Crippen molar-refractivity contribution in [1.82, 2.24) is 10.2 Å². The predicted octanol–water partition coefficient (Wildman–Crippen LogP) is 0.997. The number of nitrogens with zero attached hydrogens (tertiary/aromatic N) is 1. The maximum atomic E-state index is 11.6. The molecule has 0 spiro atoms. The molecule has 0 aromatic carbocycles. The monoisotopic (exact) mass is 184 g/mol. The number of piperidine rings is 1. The van der Waals surface area contributed by atoms with E-state index >= 15 is 0 Å². The van der Waals surface area contributed by atoms with Crippen molar-refractivity contribution in [3.8, 4) is 0 Å². The third-order valence-corrected chi connectivity index (χ3v) is 2.75. The molecule has 1 fully saturated rings. The molecule has 13 heavy (non-hydrogen) atoms. The van der Waals surface area contributed by atoms with Crippen molar-refractivity contribution in [3.05, 3.63) is 0 Å². The van der Waals surface area contributed by atoms with Crippen molar-refractivity contribution >= 4 is 5.91 Å². The normalized spacial score (nSPS) is 23.2. The summed E-state index contributed by atoms with van der Waals surface area (Å²) in [6.07, 6.45) is 4.73. The number of likely N-dealkylation sites (tertiary alicyclic amines) is 1. The maximum Gasteiger partial charge on any atom is 0.236 e. The van der Waals surface area contributed by atoms with Crippen LogP contribution in [0.25, 0.3) is 0 Å². The minimum absolute atomic E-state index is 0.258. The standard InChI is InChI=1S/C10H20N2O/c1-3-9-6-4-5-7-12(9)10(13)8-11-2/h9,11H,3-8H2,1-2H3/t9-/m0/s1. The molecule has 3 heteroatoms. The molecule has 0 radical (unpaired) electrons. The SMILES string of the molecule is CC[C@H]1CCCCN1C(=O)CNC. The van der Waals surface area contributed by atoms with Crippen molar-refractivity contribution in [2.24, 2.45) is 0 Å². The fourth-order valence-corrected chi connectivity index (χ4v) is 2.01. The molecule has 1 aliphatic heterocycles. The molecule has 1 heterocycles. The summed E-state index contributed by atoms with van der Waals surface area (Å²) >= 11 is 0. The molecule has 0 aromatic rings. The van der Waals surface area contributed by atoms with Crippen molar-refractivity contribution < 1.29 is 4.79 Å². The highest BCUT2D eigenvalue weighted by Gasteiger charge is 2.24. The van der Waals surface area contributed by atoms with E-state index < -0.39 is 0 Å². The van der Waals surface area contributed by atoms with Gasteiger partial charge in [0.15, 0.2) is 0 Å². The highest BCUT2D eigenvalue weighted by atomic mass is 16.2. The first kappa shape index (κ1) is 10.5. The van der Waals surface area contributed by atoms with Crippen LogP contribution in [0.5, 0.6) is 0 Å². The van der Waals surface area contributed by atoms with Crippen LogP contribution in [-0.2, 0) is 4.79 Å². The summed E-state index contributed by atoms with van der Waals surface area (Å²) in [6, 6.07) is 0.495. The van der Waals surface area contributed by atoms with Crippen LogP contribution in [0.2, 0.25) is 0 Å².